The highest BCUT2D eigenvalue weighted by molar-refractivity contribution is 7.14. The number of benzene rings is 1. The molecule has 0 atom stereocenters. The predicted octanol–water partition coefficient (Wildman–Crippen LogP) is 3.18. The van der Waals surface area contributed by atoms with Crippen molar-refractivity contribution >= 4 is 22.3 Å². The van der Waals surface area contributed by atoms with E-state index in [-0.39, 0.29) is 11.6 Å². The molecule has 1 fully saturated rings. The molecule has 1 aromatic heterocycles. The first-order valence-electron chi connectivity index (χ1n) is 8.85. The molecule has 5 nitrogen and oxygen atoms in total. The summed E-state index contributed by atoms with van der Waals surface area (Å²) in [4.78, 5) is 9.38. The Labute approximate surface area is 158 Å². The standard InChI is InChI=1S/C19H25FN4OS/c1-3-21-19(22-14-15-6-7-17(25-2)16(20)13-15)24-10-8-23(9-11-24)18-5-4-12-26-18/h4-7,12-13H,3,8-11,14H2,1-2H3,(H,21,22). The molecule has 1 aliphatic heterocycles. The fraction of sp³-hybridized carbons (Fsp3) is 0.421. The number of methoxy groups -OCH3 is 1. The Morgan fingerprint density at radius 3 is 2.69 bits per heavy atom. The molecule has 0 saturated carbocycles. The number of hydrogen-bond donors (Lipinski definition) is 1. The maximum Gasteiger partial charge on any atom is 0.194 e. The number of hydrogen-bond acceptors (Lipinski definition) is 4. The number of piperazine rings is 1. The molecule has 0 unspecified atom stereocenters. The molecule has 26 heavy (non-hydrogen) atoms. The highest BCUT2D eigenvalue weighted by atomic mass is 32.1. The van der Waals surface area contributed by atoms with Crippen LogP contribution in [0.25, 0.3) is 0 Å². The van der Waals surface area contributed by atoms with Crippen LogP contribution in [0.5, 0.6) is 5.75 Å². The molecule has 1 N–H and O–H groups in total. The van der Waals surface area contributed by atoms with Gasteiger partial charge in [-0.2, -0.15) is 0 Å². The lowest BCUT2D eigenvalue weighted by Gasteiger charge is -2.37. The molecule has 0 amide bonds. The van der Waals surface area contributed by atoms with Crippen LogP contribution in [0.4, 0.5) is 9.39 Å². The third-order valence-electron chi connectivity index (χ3n) is 4.36. The van der Waals surface area contributed by atoms with Gasteiger partial charge in [0.2, 0.25) is 0 Å². The molecular formula is C19H25FN4OS. The van der Waals surface area contributed by atoms with E-state index >= 15 is 0 Å². The van der Waals surface area contributed by atoms with E-state index in [0.717, 1.165) is 44.2 Å². The average Bonchev–Trinajstić information content (AvgIpc) is 3.20. The molecule has 0 bridgehead atoms. The van der Waals surface area contributed by atoms with Gasteiger partial charge in [-0.15, -0.1) is 11.3 Å². The molecule has 3 rings (SSSR count). The highest BCUT2D eigenvalue weighted by Gasteiger charge is 2.20. The van der Waals surface area contributed by atoms with E-state index in [0.29, 0.717) is 6.54 Å². The van der Waals surface area contributed by atoms with Gasteiger partial charge >= 0.3 is 0 Å². The Bertz CT molecular complexity index is 727. The zero-order valence-electron chi connectivity index (χ0n) is 15.2. The number of thiophene rings is 1. The van der Waals surface area contributed by atoms with E-state index in [1.165, 1.54) is 18.2 Å². The topological polar surface area (TPSA) is 40.1 Å². The predicted molar refractivity (Wildman–Crippen MR) is 106 cm³/mol. The van der Waals surface area contributed by atoms with Crippen LogP contribution < -0.4 is 15.0 Å². The first-order valence-corrected chi connectivity index (χ1v) is 9.73. The van der Waals surface area contributed by atoms with Gasteiger partial charge in [-0.25, -0.2) is 9.38 Å². The van der Waals surface area contributed by atoms with Crippen LogP contribution in [0.2, 0.25) is 0 Å². The number of halogens is 1. The Morgan fingerprint density at radius 2 is 2.08 bits per heavy atom. The summed E-state index contributed by atoms with van der Waals surface area (Å²) in [7, 11) is 1.47. The monoisotopic (exact) mass is 376 g/mol. The van der Waals surface area contributed by atoms with Crippen molar-refractivity contribution in [2.45, 2.75) is 13.5 Å². The van der Waals surface area contributed by atoms with Gasteiger partial charge in [-0.05, 0) is 42.1 Å². The Morgan fingerprint density at radius 1 is 1.27 bits per heavy atom. The third kappa shape index (κ3) is 4.46. The lowest BCUT2D eigenvalue weighted by molar-refractivity contribution is 0.373. The van der Waals surface area contributed by atoms with Crippen LogP contribution in [-0.2, 0) is 6.54 Å². The van der Waals surface area contributed by atoms with E-state index in [1.807, 2.05) is 6.07 Å². The Kier molecular flexibility index (Phi) is 6.33. The first-order chi connectivity index (χ1) is 12.7. The van der Waals surface area contributed by atoms with Crippen molar-refractivity contribution in [2.24, 2.45) is 4.99 Å². The smallest absolute Gasteiger partial charge is 0.194 e. The van der Waals surface area contributed by atoms with Gasteiger partial charge in [-0.3, -0.25) is 0 Å². The molecule has 2 aromatic rings. The fourth-order valence-corrected chi connectivity index (χ4v) is 3.77. The van der Waals surface area contributed by atoms with Crippen molar-refractivity contribution in [3.8, 4) is 5.75 Å². The molecule has 7 heteroatoms. The highest BCUT2D eigenvalue weighted by Crippen LogP contribution is 2.22. The van der Waals surface area contributed by atoms with Crippen molar-refractivity contribution in [3.63, 3.8) is 0 Å². The lowest BCUT2D eigenvalue weighted by atomic mass is 10.2. The average molecular weight is 377 g/mol. The van der Waals surface area contributed by atoms with E-state index in [9.17, 15) is 4.39 Å². The summed E-state index contributed by atoms with van der Waals surface area (Å²) in [6, 6.07) is 9.24. The lowest BCUT2D eigenvalue weighted by Crippen LogP contribution is -2.52. The number of nitrogens with zero attached hydrogens (tertiary/aromatic N) is 3. The van der Waals surface area contributed by atoms with Gasteiger partial charge in [0.15, 0.2) is 17.5 Å². The minimum atomic E-state index is -0.352. The SMILES string of the molecule is CCNC(=NCc1ccc(OC)c(F)c1)N1CCN(c2cccs2)CC1. The Hall–Kier alpha value is -2.28. The van der Waals surface area contributed by atoms with Gasteiger partial charge in [0, 0.05) is 32.7 Å². The normalized spacial score (nSPS) is 15.3. The number of nitrogens with one attached hydrogen (secondary N) is 1. The third-order valence-corrected chi connectivity index (χ3v) is 5.29. The Balaban J connectivity index is 1.63. The summed E-state index contributed by atoms with van der Waals surface area (Å²) < 4.78 is 18.8. The largest absolute Gasteiger partial charge is 0.494 e. The minimum absolute atomic E-state index is 0.259. The molecule has 0 aliphatic carbocycles. The van der Waals surface area contributed by atoms with E-state index in [1.54, 1.807) is 17.4 Å². The van der Waals surface area contributed by atoms with E-state index in [4.69, 9.17) is 9.73 Å². The van der Waals surface area contributed by atoms with Crippen molar-refractivity contribution < 1.29 is 9.13 Å². The molecular weight excluding hydrogens is 351 g/mol. The van der Waals surface area contributed by atoms with Gasteiger partial charge in [0.1, 0.15) is 0 Å². The summed E-state index contributed by atoms with van der Waals surface area (Å²) in [5, 5.41) is 6.78. The first kappa shape index (κ1) is 18.5. The number of ether oxygens (including phenoxy) is 1. The maximum atomic E-state index is 13.9. The van der Waals surface area contributed by atoms with Gasteiger partial charge < -0.3 is 19.9 Å². The molecule has 2 heterocycles. The van der Waals surface area contributed by atoms with Crippen LogP contribution >= 0.6 is 11.3 Å². The van der Waals surface area contributed by atoms with Crippen LogP contribution in [0.1, 0.15) is 12.5 Å². The van der Waals surface area contributed by atoms with E-state index < -0.39 is 0 Å². The van der Waals surface area contributed by atoms with Crippen LogP contribution in [0, 0.1) is 5.82 Å². The van der Waals surface area contributed by atoms with Crippen molar-refractivity contribution in [1.29, 1.82) is 0 Å². The van der Waals surface area contributed by atoms with Crippen molar-refractivity contribution in [2.75, 3.05) is 44.7 Å². The van der Waals surface area contributed by atoms with Crippen molar-refractivity contribution in [3.05, 3.63) is 47.1 Å². The fourth-order valence-electron chi connectivity index (χ4n) is 2.99. The summed E-state index contributed by atoms with van der Waals surface area (Å²) in [5.41, 5.74) is 0.830. The van der Waals surface area contributed by atoms with Crippen molar-refractivity contribution in [1.82, 2.24) is 10.2 Å². The molecule has 140 valence electrons. The van der Waals surface area contributed by atoms with Crippen LogP contribution in [0.15, 0.2) is 40.7 Å². The number of rotatable bonds is 5. The molecule has 1 aliphatic rings. The second-order valence-electron chi connectivity index (χ2n) is 6.06. The zero-order chi connectivity index (χ0) is 18.4. The summed E-state index contributed by atoms with van der Waals surface area (Å²) in [6.07, 6.45) is 0. The molecule has 1 aromatic carbocycles. The number of aliphatic imine (C=N–C) groups is 1. The molecule has 0 spiro atoms. The van der Waals surface area contributed by atoms with Gasteiger partial charge in [0.25, 0.3) is 0 Å². The van der Waals surface area contributed by atoms with E-state index in [2.05, 4.69) is 39.6 Å². The number of guanidine groups is 1. The van der Waals surface area contributed by atoms with Gasteiger partial charge in [-0.1, -0.05) is 6.07 Å². The zero-order valence-corrected chi connectivity index (χ0v) is 16.1. The maximum absolute atomic E-state index is 13.9. The molecule has 0 radical (unpaired) electrons. The second-order valence-corrected chi connectivity index (χ2v) is 6.99. The number of anilines is 1. The summed E-state index contributed by atoms with van der Waals surface area (Å²) in [5.74, 6) is 0.790. The van der Waals surface area contributed by atoms with Crippen LogP contribution in [-0.4, -0.2) is 50.7 Å². The minimum Gasteiger partial charge on any atom is -0.494 e. The van der Waals surface area contributed by atoms with Crippen LogP contribution in [0.3, 0.4) is 0 Å². The summed E-state index contributed by atoms with van der Waals surface area (Å²) >= 11 is 1.78. The van der Waals surface area contributed by atoms with Gasteiger partial charge in [0.05, 0.1) is 18.7 Å². The second kappa shape index (κ2) is 8.89. The quantitative estimate of drug-likeness (QED) is 0.643. The summed E-state index contributed by atoms with van der Waals surface area (Å²) in [6.45, 7) is 7.09. The molecule has 1 saturated heterocycles.